The first kappa shape index (κ1) is 13.9. The third-order valence-electron chi connectivity index (χ3n) is 3.43. The van der Waals surface area contributed by atoms with E-state index in [1.165, 1.54) is 6.92 Å². The molecule has 4 heteroatoms. The molecule has 22 heavy (non-hydrogen) atoms. The van der Waals surface area contributed by atoms with Crippen LogP contribution in [0.2, 0.25) is 0 Å². The Labute approximate surface area is 127 Å². The Balaban J connectivity index is 2.17. The molecule has 0 aliphatic heterocycles. The van der Waals surface area contributed by atoms with Crippen LogP contribution in [-0.4, -0.2) is 21.8 Å². The predicted octanol–water partition coefficient (Wildman–Crippen LogP) is 3.51. The topological polar surface area (TPSA) is 62.8 Å². The molecule has 0 fully saturated rings. The number of aromatic amines is 1. The number of nitrogens with zero attached hydrogens (tertiary/aromatic N) is 1. The fourth-order valence-corrected chi connectivity index (χ4v) is 2.38. The molecule has 0 bridgehead atoms. The largest absolute Gasteiger partial charge is 0.293 e. The van der Waals surface area contributed by atoms with E-state index in [0.29, 0.717) is 16.8 Å². The van der Waals surface area contributed by atoms with Gasteiger partial charge in [0.05, 0.1) is 0 Å². The van der Waals surface area contributed by atoms with Gasteiger partial charge in [0.15, 0.2) is 5.78 Å². The molecular formula is C18H14N2O2. The van der Waals surface area contributed by atoms with Crippen molar-refractivity contribution < 1.29 is 9.59 Å². The summed E-state index contributed by atoms with van der Waals surface area (Å²) in [7, 11) is 0. The lowest BCUT2D eigenvalue weighted by Crippen LogP contribution is -2.04. The van der Waals surface area contributed by atoms with Gasteiger partial charge in [-0.25, -0.2) is 0 Å². The van der Waals surface area contributed by atoms with Gasteiger partial charge in [0, 0.05) is 18.1 Å². The highest BCUT2D eigenvalue weighted by atomic mass is 16.1. The van der Waals surface area contributed by atoms with Crippen molar-refractivity contribution in [3.8, 4) is 11.1 Å². The number of benzene rings is 2. The van der Waals surface area contributed by atoms with E-state index >= 15 is 0 Å². The van der Waals surface area contributed by atoms with Gasteiger partial charge in [-0.15, -0.1) is 0 Å². The summed E-state index contributed by atoms with van der Waals surface area (Å²) in [5.74, 6) is -0.360. The van der Waals surface area contributed by atoms with Gasteiger partial charge in [-0.05, 0) is 5.56 Å². The van der Waals surface area contributed by atoms with Crippen LogP contribution in [0.25, 0.3) is 11.1 Å². The van der Waals surface area contributed by atoms with Crippen LogP contribution >= 0.6 is 0 Å². The summed E-state index contributed by atoms with van der Waals surface area (Å²) in [6.45, 7) is 1.44. The van der Waals surface area contributed by atoms with Crippen LogP contribution in [-0.2, 0) is 0 Å². The van der Waals surface area contributed by atoms with Crippen molar-refractivity contribution in [3.05, 3.63) is 77.6 Å². The second-order valence-corrected chi connectivity index (χ2v) is 4.94. The highest BCUT2D eigenvalue weighted by molar-refractivity contribution is 6.14. The highest BCUT2D eigenvalue weighted by Crippen LogP contribution is 2.28. The molecule has 0 atom stereocenters. The Bertz CT molecular complexity index is 821. The van der Waals surface area contributed by atoms with Crippen LogP contribution in [0.3, 0.4) is 0 Å². The number of rotatable bonds is 4. The number of H-pyrrole nitrogens is 1. The van der Waals surface area contributed by atoms with Gasteiger partial charge in [-0.2, -0.15) is 5.10 Å². The lowest BCUT2D eigenvalue weighted by Gasteiger charge is -2.04. The number of ketones is 2. The molecule has 0 spiro atoms. The van der Waals surface area contributed by atoms with Crippen molar-refractivity contribution in [2.75, 3.05) is 0 Å². The molecule has 2 aromatic carbocycles. The Morgan fingerprint density at radius 3 is 2.09 bits per heavy atom. The van der Waals surface area contributed by atoms with E-state index < -0.39 is 0 Å². The minimum absolute atomic E-state index is 0.179. The van der Waals surface area contributed by atoms with E-state index in [4.69, 9.17) is 0 Å². The second kappa shape index (κ2) is 5.77. The first-order valence-electron chi connectivity index (χ1n) is 6.93. The van der Waals surface area contributed by atoms with Crippen molar-refractivity contribution in [3.63, 3.8) is 0 Å². The van der Waals surface area contributed by atoms with Crippen molar-refractivity contribution in [1.82, 2.24) is 10.2 Å². The summed E-state index contributed by atoms with van der Waals surface area (Å²) in [6, 6.07) is 18.3. The molecule has 3 rings (SSSR count). The normalized spacial score (nSPS) is 10.4. The molecule has 1 N–H and O–H groups in total. The van der Waals surface area contributed by atoms with Crippen molar-refractivity contribution >= 4 is 11.6 Å². The van der Waals surface area contributed by atoms with Crippen molar-refractivity contribution in [2.45, 2.75) is 6.92 Å². The SMILES string of the molecule is CC(=O)c1n[nH]c(C(=O)c2ccccc2)c1-c1ccccc1. The van der Waals surface area contributed by atoms with Crippen LogP contribution < -0.4 is 0 Å². The van der Waals surface area contributed by atoms with E-state index in [1.807, 2.05) is 36.4 Å². The van der Waals surface area contributed by atoms with E-state index in [1.54, 1.807) is 24.3 Å². The monoisotopic (exact) mass is 290 g/mol. The number of aromatic nitrogens is 2. The fraction of sp³-hybridized carbons (Fsp3) is 0.0556. The summed E-state index contributed by atoms with van der Waals surface area (Å²) in [6.07, 6.45) is 0. The van der Waals surface area contributed by atoms with Gasteiger partial charge in [0.2, 0.25) is 5.78 Å². The first-order chi connectivity index (χ1) is 10.7. The number of hydrogen-bond donors (Lipinski definition) is 1. The van der Waals surface area contributed by atoms with Gasteiger partial charge in [-0.1, -0.05) is 60.7 Å². The van der Waals surface area contributed by atoms with Crippen LogP contribution in [0.1, 0.15) is 33.5 Å². The second-order valence-electron chi connectivity index (χ2n) is 4.94. The zero-order chi connectivity index (χ0) is 15.5. The lowest BCUT2D eigenvalue weighted by molar-refractivity contribution is 0.101. The maximum Gasteiger partial charge on any atom is 0.211 e. The molecule has 1 heterocycles. The molecule has 0 unspecified atom stereocenters. The van der Waals surface area contributed by atoms with Gasteiger partial charge in [0.1, 0.15) is 11.4 Å². The molecule has 0 amide bonds. The Morgan fingerprint density at radius 2 is 1.50 bits per heavy atom. The lowest BCUT2D eigenvalue weighted by atomic mass is 9.97. The fourth-order valence-electron chi connectivity index (χ4n) is 2.38. The molecular weight excluding hydrogens is 276 g/mol. The molecule has 0 radical (unpaired) electrons. The minimum Gasteiger partial charge on any atom is -0.293 e. The van der Waals surface area contributed by atoms with Gasteiger partial charge in [0.25, 0.3) is 0 Å². The average Bonchev–Trinajstić information content (AvgIpc) is 3.01. The molecule has 0 saturated carbocycles. The summed E-state index contributed by atoms with van der Waals surface area (Å²) in [5, 5.41) is 6.78. The minimum atomic E-state index is -0.181. The number of carbonyl (C=O) groups excluding carboxylic acids is 2. The Hall–Kier alpha value is -3.01. The van der Waals surface area contributed by atoms with E-state index in [9.17, 15) is 9.59 Å². The number of carbonyl (C=O) groups is 2. The maximum absolute atomic E-state index is 12.7. The van der Waals surface area contributed by atoms with E-state index in [2.05, 4.69) is 10.2 Å². The summed E-state index contributed by atoms with van der Waals surface area (Å²) in [5.41, 5.74) is 2.52. The van der Waals surface area contributed by atoms with Gasteiger partial charge >= 0.3 is 0 Å². The molecule has 4 nitrogen and oxygen atoms in total. The summed E-state index contributed by atoms with van der Waals surface area (Å²) in [4.78, 5) is 24.5. The Morgan fingerprint density at radius 1 is 0.909 bits per heavy atom. The van der Waals surface area contributed by atoms with Crippen molar-refractivity contribution in [1.29, 1.82) is 0 Å². The van der Waals surface area contributed by atoms with Gasteiger partial charge in [-0.3, -0.25) is 14.7 Å². The van der Waals surface area contributed by atoms with E-state index in [0.717, 1.165) is 5.56 Å². The number of nitrogens with one attached hydrogen (secondary N) is 1. The predicted molar refractivity (Wildman–Crippen MR) is 83.9 cm³/mol. The molecule has 3 aromatic rings. The maximum atomic E-state index is 12.7. The molecule has 1 aromatic heterocycles. The van der Waals surface area contributed by atoms with Crippen LogP contribution in [0.4, 0.5) is 0 Å². The summed E-state index contributed by atoms with van der Waals surface area (Å²) >= 11 is 0. The molecule has 108 valence electrons. The van der Waals surface area contributed by atoms with Crippen LogP contribution in [0.5, 0.6) is 0 Å². The van der Waals surface area contributed by atoms with E-state index in [-0.39, 0.29) is 17.3 Å². The van der Waals surface area contributed by atoms with Crippen molar-refractivity contribution in [2.24, 2.45) is 0 Å². The Kier molecular flexibility index (Phi) is 3.66. The molecule has 0 saturated heterocycles. The quantitative estimate of drug-likeness (QED) is 0.748. The zero-order valence-corrected chi connectivity index (χ0v) is 12.0. The van der Waals surface area contributed by atoms with Gasteiger partial charge < -0.3 is 0 Å². The number of Topliss-reactive ketones (excluding diaryl/α,β-unsaturated/α-hetero) is 1. The third kappa shape index (κ3) is 2.46. The molecule has 0 aliphatic carbocycles. The molecule has 0 aliphatic rings. The summed E-state index contributed by atoms with van der Waals surface area (Å²) < 4.78 is 0. The smallest absolute Gasteiger partial charge is 0.211 e. The number of hydrogen-bond acceptors (Lipinski definition) is 3. The zero-order valence-electron chi connectivity index (χ0n) is 12.0. The standard InChI is InChI=1S/C18H14N2O2/c1-12(21)16-15(13-8-4-2-5-9-13)17(20-19-16)18(22)14-10-6-3-7-11-14/h2-11H,1H3,(H,19,20). The first-order valence-corrected chi connectivity index (χ1v) is 6.93. The highest BCUT2D eigenvalue weighted by Gasteiger charge is 2.23. The van der Waals surface area contributed by atoms with Crippen LogP contribution in [0.15, 0.2) is 60.7 Å². The third-order valence-corrected chi connectivity index (χ3v) is 3.43. The van der Waals surface area contributed by atoms with Crippen LogP contribution in [0, 0.1) is 0 Å². The average molecular weight is 290 g/mol.